The number of hydrogen-bond acceptors (Lipinski definition) is 2. The lowest BCUT2D eigenvalue weighted by atomic mass is 10.2. The topological polar surface area (TPSA) is 38.0 Å². The molecule has 0 saturated heterocycles. The Kier molecular flexibility index (Phi) is 2.90. The van der Waals surface area contributed by atoms with Gasteiger partial charge in [-0.25, -0.2) is 4.98 Å². The number of hydrogen-bond donors (Lipinski definition) is 1. The molecule has 1 aromatic carbocycles. The van der Waals surface area contributed by atoms with E-state index in [4.69, 9.17) is 5.11 Å². The Balaban J connectivity index is 0.000000845. The van der Waals surface area contributed by atoms with E-state index in [1.165, 1.54) is 0 Å². The molecule has 1 aromatic heterocycles. The Labute approximate surface area is 82.4 Å². The summed E-state index contributed by atoms with van der Waals surface area (Å²) in [5, 5.41) is 8.87. The molecule has 0 fully saturated rings. The number of halogens is 1. The fourth-order valence-corrected chi connectivity index (χ4v) is 1.28. The van der Waals surface area contributed by atoms with Crippen LogP contribution in [0.5, 0.6) is 0 Å². The smallest absolute Gasteiger partial charge is 0.0955 e. The van der Waals surface area contributed by atoms with Crippen molar-refractivity contribution in [3.63, 3.8) is 0 Å². The molecule has 0 atom stereocenters. The fraction of sp³-hybridized carbons (Fsp3) is 0.222. The van der Waals surface area contributed by atoms with Crippen LogP contribution in [0.4, 0.5) is 0 Å². The fourth-order valence-electron chi connectivity index (χ4n) is 1.28. The quantitative estimate of drug-likeness (QED) is 0.754. The first-order valence-corrected chi connectivity index (χ1v) is 3.82. The van der Waals surface area contributed by atoms with Gasteiger partial charge < -0.3 is 9.67 Å². The molecule has 3 nitrogen and oxygen atoms in total. The van der Waals surface area contributed by atoms with E-state index in [1.807, 2.05) is 29.8 Å². The minimum Gasteiger partial charge on any atom is -0.392 e. The van der Waals surface area contributed by atoms with Crippen LogP contribution in [0.3, 0.4) is 0 Å². The first-order valence-electron chi connectivity index (χ1n) is 3.82. The van der Waals surface area contributed by atoms with E-state index in [-0.39, 0.29) is 19.0 Å². The lowest BCUT2D eigenvalue weighted by molar-refractivity contribution is 0.282. The first-order chi connectivity index (χ1) is 5.81. The lowest BCUT2D eigenvalue weighted by Crippen LogP contribution is -1.85. The highest BCUT2D eigenvalue weighted by molar-refractivity contribution is 5.85. The van der Waals surface area contributed by atoms with Gasteiger partial charge in [-0.1, -0.05) is 6.07 Å². The maximum atomic E-state index is 8.87. The van der Waals surface area contributed by atoms with Crippen LogP contribution in [-0.2, 0) is 13.7 Å². The van der Waals surface area contributed by atoms with E-state index < -0.39 is 0 Å². The molecule has 4 heteroatoms. The van der Waals surface area contributed by atoms with Crippen molar-refractivity contribution in [3.05, 3.63) is 30.1 Å². The highest BCUT2D eigenvalue weighted by Crippen LogP contribution is 2.13. The molecule has 0 unspecified atom stereocenters. The van der Waals surface area contributed by atoms with E-state index in [9.17, 15) is 0 Å². The molecular weight excluding hydrogens is 188 g/mol. The summed E-state index contributed by atoms with van der Waals surface area (Å²) in [6.45, 7) is 0.0759. The van der Waals surface area contributed by atoms with Gasteiger partial charge in [0.15, 0.2) is 0 Å². The molecule has 0 aliphatic heterocycles. The highest BCUT2D eigenvalue weighted by Gasteiger charge is 1.99. The Bertz CT molecular complexity index is 411. The van der Waals surface area contributed by atoms with Crippen molar-refractivity contribution in [1.29, 1.82) is 0 Å². The molecule has 0 amide bonds. The second kappa shape index (κ2) is 3.77. The van der Waals surface area contributed by atoms with Crippen molar-refractivity contribution >= 4 is 23.4 Å². The summed E-state index contributed by atoms with van der Waals surface area (Å²) in [7, 11) is 1.95. The van der Waals surface area contributed by atoms with Crippen LogP contribution in [0.2, 0.25) is 0 Å². The molecule has 2 aromatic rings. The van der Waals surface area contributed by atoms with E-state index in [2.05, 4.69) is 4.98 Å². The molecule has 0 aliphatic rings. The number of aliphatic hydroxyl groups is 1. The molecule has 0 spiro atoms. The van der Waals surface area contributed by atoms with Gasteiger partial charge in [0.25, 0.3) is 0 Å². The molecule has 1 heterocycles. The minimum absolute atomic E-state index is 0. The standard InChI is InChI=1S/C9H10N2O.ClH/c1-11-6-10-8-4-7(5-12)2-3-9(8)11;/h2-4,6,12H,5H2,1H3;1H. The van der Waals surface area contributed by atoms with Crippen molar-refractivity contribution in [3.8, 4) is 0 Å². The average molecular weight is 199 g/mol. The largest absolute Gasteiger partial charge is 0.392 e. The van der Waals surface area contributed by atoms with Crippen LogP contribution in [0.15, 0.2) is 24.5 Å². The number of imidazole rings is 1. The van der Waals surface area contributed by atoms with Crippen molar-refractivity contribution in [2.75, 3.05) is 0 Å². The summed E-state index contributed by atoms with van der Waals surface area (Å²) >= 11 is 0. The molecule has 0 saturated carbocycles. The van der Waals surface area contributed by atoms with Gasteiger partial charge in [0.05, 0.1) is 24.0 Å². The molecule has 13 heavy (non-hydrogen) atoms. The SMILES string of the molecule is Cl.Cn1cnc2cc(CO)ccc21. The number of aliphatic hydroxyl groups excluding tert-OH is 1. The molecule has 70 valence electrons. The second-order valence-corrected chi connectivity index (χ2v) is 2.84. The molecule has 0 aliphatic carbocycles. The zero-order valence-corrected chi connectivity index (χ0v) is 8.08. The van der Waals surface area contributed by atoms with Crippen LogP contribution in [-0.4, -0.2) is 14.7 Å². The van der Waals surface area contributed by atoms with Gasteiger partial charge >= 0.3 is 0 Å². The van der Waals surface area contributed by atoms with Crippen molar-refractivity contribution in [2.24, 2.45) is 7.05 Å². The number of rotatable bonds is 1. The van der Waals surface area contributed by atoms with E-state index in [0.717, 1.165) is 16.6 Å². The van der Waals surface area contributed by atoms with Crippen molar-refractivity contribution in [1.82, 2.24) is 9.55 Å². The lowest BCUT2D eigenvalue weighted by Gasteiger charge is -1.96. The average Bonchev–Trinajstić information content (AvgIpc) is 2.47. The number of nitrogens with zero attached hydrogens (tertiary/aromatic N) is 2. The summed E-state index contributed by atoms with van der Waals surface area (Å²) in [5.74, 6) is 0. The molecule has 0 radical (unpaired) electrons. The third kappa shape index (κ3) is 1.66. The van der Waals surface area contributed by atoms with Gasteiger partial charge in [0.2, 0.25) is 0 Å². The predicted octanol–water partition coefficient (Wildman–Crippen LogP) is 1.49. The van der Waals surface area contributed by atoms with Crippen molar-refractivity contribution < 1.29 is 5.11 Å². The maximum Gasteiger partial charge on any atom is 0.0955 e. The van der Waals surface area contributed by atoms with Crippen LogP contribution in [0, 0.1) is 0 Å². The van der Waals surface area contributed by atoms with Crippen LogP contribution in [0.25, 0.3) is 11.0 Å². The number of benzene rings is 1. The maximum absolute atomic E-state index is 8.87. The summed E-state index contributed by atoms with van der Waals surface area (Å²) in [6, 6.07) is 5.77. The van der Waals surface area contributed by atoms with Gasteiger partial charge in [0, 0.05) is 7.05 Å². The minimum atomic E-state index is 0. The molecular formula is C9H11ClN2O. The molecule has 0 bridgehead atoms. The monoisotopic (exact) mass is 198 g/mol. The normalized spacial score (nSPS) is 10.0. The van der Waals surface area contributed by atoms with Crippen LogP contribution < -0.4 is 0 Å². The summed E-state index contributed by atoms with van der Waals surface area (Å²) in [5.41, 5.74) is 2.93. The zero-order chi connectivity index (χ0) is 8.55. The zero-order valence-electron chi connectivity index (χ0n) is 7.27. The van der Waals surface area contributed by atoms with Gasteiger partial charge in [-0.05, 0) is 17.7 Å². The Morgan fingerprint density at radius 2 is 2.23 bits per heavy atom. The second-order valence-electron chi connectivity index (χ2n) is 2.84. The first kappa shape index (κ1) is 10.0. The van der Waals surface area contributed by atoms with Crippen molar-refractivity contribution in [2.45, 2.75) is 6.61 Å². The molecule has 2 rings (SSSR count). The Morgan fingerprint density at radius 1 is 1.46 bits per heavy atom. The van der Waals surface area contributed by atoms with Gasteiger partial charge in [-0.2, -0.15) is 0 Å². The number of aromatic nitrogens is 2. The molecule has 1 N–H and O–H groups in total. The van der Waals surface area contributed by atoms with Crippen LogP contribution in [0.1, 0.15) is 5.56 Å². The third-order valence-corrected chi connectivity index (χ3v) is 1.97. The number of aryl methyl sites for hydroxylation is 1. The Hall–Kier alpha value is -1.06. The van der Waals surface area contributed by atoms with E-state index >= 15 is 0 Å². The van der Waals surface area contributed by atoms with Gasteiger partial charge in [0.1, 0.15) is 0 Å². The Morgan fingerprint density at radius 3 is 2.92 bits per heavy atom. The van der Waals surface area contributed by atoms with Gasteiger partial charge in [-0.3, -0.25) is 0 Å². The van der Waals surface area contributed by atoms with E-state index in [1.54, 1.807) is 6.33 Å². The summed E-state index contributed by atoms with van der Waals surface area (Å²) in [6.07, 6.45) is 1.77. The highest BCUT2D eigenvalue weighted by atomic mass is 35.5. The summed E-state index contributed by atoms with van der Waals surface area (Å²) in [4.78, 5) is 4.18. The third-order valence-electron chi connectivity index (χ3n) is 1.97. The van der Waals surface area contributed by atoms with E-state index in [0.29, 0.717) is 0 Å². The number of fused-ring (bicyclic) bond motifs is 1. The summed E-state index contributed by atoms with van der Waals surface area (Å²) < 4.78 is 1.95. The van der Waals surface area contributed by atoms with Gasteiger partial charge in [-0.15, -0.1) is 12.4 Å². The van der Waals surface area contributed by atoms with Crippen LogP contribution >= 0.6 is 12.4 Å². The predicted molar refractivity (Wildman–Crippen MR) is 53.9 cm³/mol.